The van der Waals surface area contributed by atoms with E-state index in [-0.39, 0.29) is 0 Å². The molecule has 0 atom stereocenters. The van der Waals surface area contributed by atoms with Crippen molar-refractivity contribution in [3.8, 4) is 0 Å². The normalized spacial score (nSPS) is 11.2. The van der Waals surface area contributed by atoms with E-state index in [1.165, 1.54) is 135 Å². The van der Waals surface area contributed by atoms with Gasteiger partial charge in [-0.05, 0) is 38.5 Å². The van der Waals surface area contributed by atoms with Gasteiger partial charge >= 0.3 is 0 Å². The molecule has 33 heavy (non-hydrogen) atoms. The zero-order valence-electron chi connectivity index (χ0n) is 23.0. The molecule has 3 heteroatoms. The zero-order valence-corrected chi connectivity index (χ0v) is 23.0. The van der Waals surface area contributed by atoms with Gasteiger partial charge in [0, 0.05) is 19.8 Å². The van der Waals surface area contributed by atoms with Crippen LogP contribution >= 0.6 is 0 Å². The Hall–Kier alpha value is -0.380. The van der Waals surface area contributed by atoms with Crippen molar-refractivity contribution in [1.82, 2.24) is 0 Å². The molecule has 0 aromatic heterocycles. The maximum Gasteiger partial charge on any atom is 0.0588 e. The zero-order chi connectivity index (χ0) is 24.5. The quantitative estimate of drug-likeness (QED) is 0.0980. The molecule has 0 spiro atoms. The molecular weight excluding hydrogens is 406 g/mol. The minimum absolute atomic E-state index is 0.362. The Morgan fingerprint density at radius 2 is 0.909 bits per heavy atom. The minimum atomic E-state index is 0.362. The smallest absolute Gasteiger partial charge is 0.0588 e. The molecule has 0 saturated heterocycles. The van der Waals surface area contributed by atoms with E-state index < -0.39 is 0 Å². The van der Waals surface area contributed by atoms with Gasteiger partial charge in [-0.1, -0.05) is 129 Å². The predicted octanol–water partition coefficient (Wildman–Crippen LogP) is 9.12. The molecule has 200 valence electrons. The van der Waals surface area contributed by atoms with Crippen LogP contribution in [0.15, 0.2) is 12.2 Å². The van der Waals surface area contributed by atoms with E-state index in [0.29, 0.717) is 13.2 Å². The maximum atomic E-state index is 8.66. The second kappa shape index (κ2) is 36.2. The molecule has 3 nitrogen and oxygen atoms in total. The fraction of sp³-hybridized carbons (Fsp3) is 0.933. The summed E-state index contributed by atoms with van der Waals surface area (Å²) in [6.45, 7) is 7.16. The number of aliphatic hydroxyl groups excluding tert-OH is 1. The molecular formula is C30H63NO2. The van der Waals surface area contributed by atoms with Crippen molar-refractivity contribution in [3.63, 3.8) is 0 Å². The molecule has 0 aromatic rings. The third-order valence-electron chi connectivity index (χ3n) is 6.07. The van der Waals surface area contributed by atoms with Crippen LogP contribution in [0.4, 0.5) is 0 Å². The number of rotatable bonds is 26. The van der Waals surface area contributed by atoms with E-state index in [2.05, 4.69) is 26.0 Å². The van der Waals surface area contributed by atoms with Crippen LogP contribution in [0.1, 0.15) is 155 Å². The van der Waals surface area contributed by atoms with Crippen LogP contribution in [0.2, 0.25) is 0 Å². The standard InChI is InChI=1S/C18H36O.C12H27NO/c1-2-3-4-5-6-7-8-9-10-11-12-13-14-15-16-17-18-19;1-2-3-4-5-6-7-8-9-11-14-12-10-13/h9-10,19H,2-8,11-18H2,1H3;2-13H2,1H3/b10-9-;. The Kier molecular flexibility index (Phi) is 38.2. The molecule has 0 aliphatic rings. The topological polar surface area (TPSA) is 55.5 Å². The Morgan fingerprint density at radius 3 is 1.33 bits per heavy atom. The van der Waals surface area contributed by atoms with Crippen LogP contribution < -0.4 is 5.73 Å². The monoisotopic (exact) mass is 469 g/mol. The first-order chi connectivity index (χ1) is 16.3. The lowest BCUT2D eigenvalue weighted by Gasteiger charge is -2.02. The Balaban J connectivity index is 0. The maximum absolute atomic E-state index is 8.66. The van der Waals surface area contributed by atoms with Crippen molar-refractivity contribution in [2.24, 2.45) is 5.73 Å². The fourth-order valence-electron chi connectivity index (χ4n) is 3.88. The molecule has 0 bridgehead atoms. The summed E-state index contributed by atoms with van der Waals surface area (Å²) in [5.41, 5.74) is 5.31. The summed E-state index contributed by atoms with van der Waals surface area (Å²) in [6, 6.07) is 0. The number of unbranched alkanes of at least 4 members (excludes halogenated alkanes) is 19. The summed E-state index contributed by atoms with van der Waals surface area (Å²) in [5, 5.41) is 8.66. The highest BCUT2D eigenvalue weighted by molar-refractivity contribution is 4.81. The van der Waals surface area contributed by atoms with Gasteiger partial charge in [0.2, 0.25) is 0 Å². The Morgan fingerprint density at radius 1 is 0.515 bits per heavy atom. The summed E-state index contributed by atoms with van der Waals surface area (Å²) in [7, 11) is 0. The van der Waals surface area contributed by atoms with Crippen LogP contribution in [0.3, 0.4) is 0 Å². The second-order valence-electron chi connectivity index (χ2n) is 9.54. The van der Waals surface area contributed by atoms with Crippen molar-refractivity contribution >= 4 is 0 Å². The number of hydrogen-bond donors (Lipinski definition) is 2. The summed E-state index contributed by atoms with van der Waals surface area (Å²) < 4.78 is 5.30. The minimum Gasteiger partial charge on any atom is -0.396 e. The SMILES string of the molecule is CCCCCCCC/C=C\CCCCCCCCO.CCCCCCCCCCOCCN. The summed E-state index contributed by atoms with van der Waals surface area (Å²) in [6.07, 6.45) is 34.1. The molecule has 0 radical (unpaired) electrons. The van der Waals surface area contributed by atoms with Crippen molar-refractivity contribution < 1.29 is 9.84 Å². The lowest BCUT2D eigenvalue weighted by atomic mass is 10.1. The van der Waals surface area contributed by atoms with E-state index >= 15 is 0 Å². The predicted molar refractivity (Wildman–Crippen MR) is 149 cm³/mol. The van der Waals surface area contributed by atoms with Crippen LogP contribution in [0.5, 0.6) is 0 Å². The number of hydrogen-bond acceptors (Lipinski definition) is 3. The molecule has 0 heterocycles. The summed E-state index contributed by atoms with van der Waals surface area (Å²) in [5.74, 6) is 0. The van der Waals surface area contributed by atoms with Gasteiger partial charge in [-0.15, -0.1) is 0 Å². The van der Waals surface area contributed by atoms with E-state index in [9.17, 15) is 0 Å². The average Bonchev–Trinajstić information content (AvgIpc) is 2.83. The second-order valence-corrected chi connectivity index (χ2v) is 9.54. The molecule has 0 aromatic carbocycles. The summed E-state index contributed by atoms with van der Waals surface area (Å²) in [4.78, 5) is 0. The van der Waals surface area contributed by atoms with Gasteiger partial charge in [-0.25, -0.2) is 0 Å². The molecule has 0 fully saturated rings. The average molecular weight is 470 g/mol. The van der Waals surface area contributed by atoms with E-state index in [4.69, 9.17) is 15.6 Å². The van der Waals surface area contributed by atoms with Crippen molar-refractivity contribution in [2.75, 3.05) is 26.4 Å². The van der Waals surface area contributed by atoms with Crippen molar-refractivity contribution in [3.05, 3.63) is 12.2 Å². The largest absolute Gasteiger partial charge is 0.396 e. The van der Waals surface area contributed by atoms with E-state index in [1.807, 2.05) is 0 Å². The van der Waals surface area contributed by atoms with Gasteiger partial charge in [0.25, 0.3) is 0 Å². The molecule has 0 saturated carbocycles. The molecule has 0 aliphatic heterocycles. The Bertz CT molecular complexity index is 321. The number of nitrogens with two attached hydrogens (primary N) is 1. The molecule has 0 aliphatic carbocycles. The van der Waals surface area contributed by atoms with E-state index in [0.717, 1.165) is 19.6 Å². The third-order valence-corrected chi connectivity index (χ3v) is 6.07. The number of ether oxygens (including phenoxy) is 1. The number of allylic oxidation sites excluding steroid dienone is 2. The van der Waals surface area contributed by atoms with E-state index in [1.54, 1.807) is 0 Å². The van der Waals surface area contributed by atoms with Gasteiger partial charge < -0.3 is 15.6 Å². The van der Waals surface area contributed by atoms with Crippen LogP contribution in [0.25, 0.3) is 0 Å². The first-order valence-electron chi connectivity index (χ1n) is 14.9. The molecule has 0 amide bonds. The lowest BCUT2D eigenvalue weighted by molar-refractivity contribution is 0.137. The molecule has 0 rings (SSSR count). The Labute approximate surface area is 209 Å². The van der Waals surface area contributed by atoms with Crippen LogP contribution in [-0.2, 0) is 4.74 Å². The van der Waals surface area contributed by atoms with Crippen molar-refractivity contribution in [1.29, 1.82) is 0 Å². The molecule has 0 unspecified atom stereocenters. The van der Waals surface area contributed by atoms with Gasteiger partial charge in [-0.3, -0.25) is 0 Å². The highest BCUT2D eigenvalue weighted by Gasteiger charge is 1.92. The van der Waals surface area contributed by atoms with Crippen LogP contribution in [0, 0.1) is 0 Å². The van der Waals surface area contributed by atoms with Gasteiger partial charge in [0.15, 0.2) is 0 Å². The lowest BCUT2D eigenvalue weighted by Crippen LogP contribution is -2.08. The summed E-state index contributed by atoms with van der Waals surface area (Å²) >= 11 is 0. The first kappa shape index (κ1) is 34.8. The highest BCUT2D eigenvalue weighted by atomic mass is 16.5. The number of aliphatic hydroxyl groups is 1. The molecule has 3 N–H and O–H groups in total. The van der Waals surface area contributed by atoms with Gasteiger partial charge in [0.05, 0.1) is 6.61 Å². The van der Waals surface area contributed by atoms with Gasteiger partial charge in [0.1, 0.15) is 0 Å². The third kappa shape index (κ3) is 39.1. The first-order valence-corrected chi connectivity index (χ1v) is 14.9. The van der Waals surface area contributed by atoms with Crippen LogP contribution in [-0.4, -0.2) is 31.5 Å². The fourth-order valence-corrected chi connectivity index (χ4v) is 3.88. The van der Waals surface area contributed by atoms with Crippen molar-refractivity contribution in [2.45, 2.75) is 155 Å². The highest BCUT2D eigenvalue weighted by Crippen LogP contribution is 2.10. The van der Waals surface area contributed by atoms with Gasteiger partial charge in [-0.2, -0.15) is 0 Å².